The second-order valence-corrected chi connectivity index (χ2v) is 6.79. The first-order valence-corrected chi connectivity index (χ1v) is 8.25. The van der Waals surface area contributed by atoms with Gasteiger partial charge in [-0.05, 0) is 45.1 Å². The lowest BCUT2D eigenvalue weighted by Crippen LogP contribution is -2.35. The van der Waals surface area contributed by atoms with E-state index in [0.717, 1.165) is 31.0 Å². The summed E-state index contributed by atoms with van der Waals surface area (Å²) in [6.45, 7) is 2.28. The number of nitrogens with zero attached hydrogens (tertiary/aromatic N) is 2. The molecule has 0 saturated heterocycles. The van der Waals surface area contributed by atoms with Crippen LogP contribution in [0.4, 0.5) is 0 Å². The molecule has 2 fully saturated rings. The third-order valence-electron chi connectivity index (χ3n) is 5.40. The summed E-state index contributed by atoms with van der Waals surface area (Å²) in [6.07, 6.45) is 7.95. The molecule has 0 aromatic carbocycles. The molecule has 3 rings (SSSR count). The van der Waals surface area contributed by atoms with E-state index < -0.39 is 0 Å². The van der Waals surface area contributed by atoms with Gasteiger partial charge in [-0.25, -0.2) is 0 Å². The highest BCUT2D eigenvalue weighted by Crippen LogP contribution is 2.42. The van der Waals surface area contributed by atoms with Gasteiger partial charge in [0.1, 0.15) is 5.60 Å². The van der Waals surface area contributed by atoms with E-state index in [2.05, 4.69) is 17.4 Å². The maximum absolute atomic E-state index is 5.86. The van der Waals surface area contributed by atoms with Gasteiger partial charge in [-0.3, -0.25) is 0 Å². The average molecular weight is 293 g/mol. The molecule has 2 aliphatic carbocycles. The van der Waals surface area contributed by atoms with E-state index in [4.69, 9.17) is 14.2 Å². The van der Waals surface area contributed by atoms with E-state index in [0.29, 0.717) is 17.9 Å². The van der Waals surface area contributed by atoms with Crippen LogP contribution in [-0.2, 0) is 10.3 Å². The lowest BCUT2D eigenvalue weighted by Gasteiger charge is -2.36. The van der Waals surface area contributed by atoms with Gasteiger partial charge >= 0.3 is 0 Å². The topological polar surface area (TPSA) is 60.2 Å². The molecule has 4 unspecified atom stereocenters. The van der Waals surface area contributed by atoms with Crippen molar-refractivity contribution in [2.24, 2.45) is 5.92 Å². The molecule has 0 spiro atoms. The van der Waals surface area contributed by atoms with E-state index in [1.54, 1.807) is 7.11 Å². The smallest absolute Gasteiger partial charge is 0.231 e. The summed E-state index contributed by atoms with van der Waals surface area (Å²) in [5.41, 5.74) is -0.340. The van der Waals surface area contributed by atoms with Crippen LogP contribution in [0.5, 0.6) is 0 Å². The second-order valence-electron chi connectivity index (χ2n) is 6.79. The maximum atomic E-state index is 5.86. The Morgan fingerprint density at radius 3 is 2.86 bits per heavy atom. The Balaban J connectivity index is 1.83. The van der Waals surface area contributed by atoms with Crippen LogP contribution < -0.4 is 5.32 Å². The van der Waals surface area contributed by atoms with Gasteiger partial charge in [0.25, 0.3) is 0 Å². The summed E-state index contributed by atoms with van der Waals surface area (Å²) in [4.78, 5) is 4.75. The van der Waals surface area contributed by atoms with E-state index in [1.807, 2.05) is 7.05 Å². The van der Waals surface area contributed by atoms with Crippen molar-refractivity contribution in [1.82, 2.24) is 15.5 Å². The summed E-state index contributed by atoms with van der Waals surface area (Å²) in [6, 6.07) is 0.460. The minimum Gasteiger partial charge on any atom is -0.370 e. The molecular weight excluding hydrogens is 266 g/mol. The molecule has 21 heavy (non-hydrogen) atoms. The van der Waals surface area contributed by atoms with Crippen molar-refractivity contribution in [3.63, 3.8) is 0 Å². The van der Waals surface area contributed by atoms with E-state index >= 15 is 0 Å². The monoisotopic (exact) mass is 293 g/mol. The molecule has 5 nitrogen and oxygen atoms in total. The molecule has 0 radical (unpaired) electrons. The van der Waals surface area contributed by atoms with Gasteiger partial charge in [0.05, 0.1) is 5.92 Å². The normalized spacial score (nSPS) is 37.0. The number of likely N-dealkylation sites (N-methyl/N-ethyl adjacent to an activating group) is 1. The molecule has 0 aliphatic heterocycles. The molecule has 118 valence electrons. The Morgan fingerprint density at radius 2 is 2.14 bits per heavy atom. The van der Waals surface area contributed by atoms with Crippen molar-refractivity contribution >= 4 is 0 Å². The summed E-state index contributed by atoms with van der Waals surface area (Å²) in [7, 11) is 3.79. The number of nitrogens with one attached hydrogen (secondary N) is 1. The molecule has 2 saturated carbocycles. The van der Waals surface area contributed by atoms with Crippen LogP contribution in [0.2, 0.25) is 0 Å². The van der Waals surface area contributed by atoms with Crippen molar-refractivity contribution in [3.05, 3.63) is 11.7 Å². The Morgan fingerprint density at radius 1 is 1.29 bits per heavy atom. The number of aromatic nitrogens is 2. The quantitative estimate of drug-likeness (QED) is 0.924. The van der Waals surface area contributed by atoms with Crippen molar-refractivity contribution in [1.29, 1.82) is 0 Å². The van der Waals surface area contributed by atoms with Crippen LogP contribution in [0.15, 0.2) is 4.52 Å². The third-order valence-corrected chi connectivity index (χ3v) is 5.40. The highest BCUT2D eigenvalue weighted by Gasteiger charge is 2.42. The van der Waals surface area contributed by atoms with Crippen molar-refractivity contribution in [2.45, 2.75) is 69.4 Å². The van der Waals surface area contributed by atoms with Crippen LogP contribution in [0, 0.1) is 5.92 Å². The number of hydrogen-bond acceptors (Lipinski definition) is 5. The summed E-state index contributed by atoms with van der Waals surface area (Å²) in [5.74, 6) is 2.55. The highest BCUT2D eigenvalue weighted by atomic mass is 16.5. The van der Waals surface area contributed by atoms with Crippen LogP contribution in [0.1, 0.15) is 69.5 Å². The fourth-order valence-corrected chi connectivity index (χ4v) is 4.15. The molecule has 0 amide bonds. The van der Waals surface area contributed by atoms with Crippen LogP contribution in [0.3, 0.4) is 0 Å². The van der Waals surface area contributed by atoms with Gasteiger partial charge in [-0.15, -0.1) is 0 Å². The molecule has 0 bridgehead atoms. The first kappa shape index (κ1) is 15.0. The number of ether oxygens (including phenoxy) is 1. The molecule has 1 heterocycles. The Hall–Kier alpha value is -0.940. The van der Waals surface area contributed by atoms with Gasteiger partial charge in [-0.2, -0.15) is 4.98 Å². The molecule has 1 aromatic heterocycles. The number of rotatable bonds is 4. The third kappa shape index (κ3) is 2.73. The first-order valence-electron chi connectivity index (χ1n) is 8.25. The highest BCUT2D eigenvalue weighted by molar-refractivity contribution is 5.08. The number of hydrogen-bond donors (Lipinski definition) is 1. The van der Waals surface area contributed by atoms with Gasteiger partial charge in [0, 0.05) is 13.2 Å². The maximum Gasteiger partial charge on any atom is 0.231 e. The predicted octanol–water partition coefficient (Wildman–Crippen LogP) is 2.98. The average Bonchev–Trinajstić information content (AvgIpc) is 3.15. The zero-order valence-corrected chi connectivity index (χ0v) is 13.4. The largest absolute Gasteiger partial charge is 0.370 e. The van der Waals surface area contributed by atoms with Gasteiger partial charge in [0.2, 0.25) is 11.7 Å². The second kappa shape index (κ2) is 6.05. The van der Waals surface area contributed by atoms with Crippen molar-refractivity contribution < 1.29 is 9.26 Å². The fraction of sp³-hybridized carbons (Fsp3) is 0.875. The van der Waals surface area contributed by atoms with E-state index in [1.165, 1.54) is 25.7 Å². The fourth-order valence-electron chi connectivity index (χ4n) is 4.15. The van der Waals surface area contributed by atoms with Crippen LogP contribution in [0.25, 0.3) is 0 Å². The summed E-state index contributed by atoms with van der Waals surface area (Å²) in [5, 5.41) is 7.66. The molecular formula is C16H27N3O2. The summed E-state index contributed by atoms with van der Waals surface area (Å²) < 4.78 is 11.5. The molecule has 5 heteroatoms. The van der Waals surface area contributed by atoms with Crippen LogP contribution in [-0.4, -0.2) is 30.3 Å². The lowest BCUT2D eigenvalue weighted by atomic mass is 9.78. The van der Waals surface area contributed by atoms with Gasteiger partial charge < -0.3 is 14.6 Å². The summed E-state index contributed by atoms with van der Waals surface area (Å²) >= 11 is 0. The Labute approximate surface area is 126 Å². The minimum atomic E-state index is -0.340. The number of methoxy groups -OCH3 is 1. The zero-order chi connectivity index (χ0) is 14.9. The molecule has 4 atom stereocenters. The minimum absolute atomic E-state index is 0.340. The molecule has 1 N–H and O–H groups in total. The van der Waals surface area contributed by atoms with Gasteiger partial charge in [0.15, 0.2) is 0 Å². The van der Waals surface area contributed by atoms with Gasteiger partial charge in [-0.1, -0.05) is 24.9 Å². The van der Waals surface area contributed by atoms with Crippen molar-refractivity contribution in [3.8, 4) is 0 Å². The molecule has 2 aliphatic rings. The Kier molecular flexibility index (Phi) is 4.31. The van der Waals surface area contributed by atoms with Crippen LogP contribution >= 0.6 is 0 Å². The zero-order valence-electron chi connectivity index (χ0n) is 13.4. The standard InChI is InChI=1S/C16H27N3O2/c1-11-6-5-9-16(10-11,20-3)15-18-14(21-19-15)12-7-4-8-13(12)17-2/h11-13,17H,4-10H2,1-3H3. The SMILES string of the molecule is CNC1CCCC1c1nc(C2(OC)CCCC(C)C2)no1. The first-order chi connectivity index (χ1) is 10.2. The van der Waals surface area contributed by atoms with E-state index in [-0.39, 0.29) is 5.60 Å². The molecule has 1 aromatic rings. The lowest BCUT2D eigenvalue weighted by molar-refractivity contribution is -0.0658. The Bertz CT molecular complexity index is 476. The van der Waals surface area contributed by atoms with Crippen molar-refractivity contribution in [2.75, 3.05) is 14.2 Å². The predicted molar refractivity (Wildman–Crippen MR) is 80.1 cm³/mol. The van der Waals surface area contributed by atoms with E-state index in [9.17, 15) is 0 Å².